The topological polar surface area (TPSA) is 70.7 Å². The monoisotopic (exact) mass is 381 g/mol. The number of anilines is 1. The predicted octanol–water partition coefficient (Wildman–Crippen LogP) is 3.43. The number of hydrogen-bond donors (Lipinski definition) is 2. The minimum atomic E-state index is -0.186. The van der Waals surface area contributed by atoms with Crippen LogP contribution >= 0.6 is 0 Å². The number of ether oxygens (including phenoxy) is 1. The lowest BCUT2D eigenvalue weighted by atomic mass is 9.97. The fraction of sp³-hybridized carbons (Fsp3) is 0.364. The van der Waals surface area contributed by atoms with Gasteiger partial charge >= 0.3 is 6.03 Å². The Balaban J connectivity index is 1.41. The fourth-order valence-electron chi connectivity index (χ4n) is 3.22. The van der Waals surface area contributed by atoms with Gasteiger partial charge in [0.15, 0.2) is 0 Å². The number of likely N-dealkylation sites (tertiary alicyclic amines) is 1. The third-order valence-electron chi connectivity index (χ3n) is 4.80. The molecule has 0 aliphatic carbocycles. The van der Waals surface area contributed by atoms with Crippen LogP contribution in [-0.2, 0) is 4.79 Å². The summed E-state index contributed by atoms with van der Waals surface area (Å²) in [5.74, 6) is 0.584. The Morgan fingerprint density at radius 2 is 1.86 bits per heavy atom. The Kier molecular flexibility index (Phi) is 6.89. The van der Waals surface area contributed by atoms with Gasteiger partial charge in [0, 0.05) is 18.8 Å². The first-order valence-electron chi connectivity index (χ1n) is 9.70. The number of hydrogen-bond acceptors (Lipinski definition) is 3. The van der Waals surface area contributed by atoms with Gasteiger partial charge in [0.2, 0.25) is 5.91 Å². The molecule has 2 aromatic carbocycles. The SMILES string of the molecule is Cc1ccc(OCCNC(=O)C2CCCN(C(=O)Nc3ccccc3)C2)cc1. The molecule has 1 heterocycles. The van der Waals surface area contributed by atoms with Gasteiger partial charge in [-0.2, -0.15) is 0 Å². The summed E-state index contributed by atoms with van der Waals surface area (Å²) < 4.78 is 5.64. The summed E-state index contributed by atoms with van der Waals surface area (Å²) >= 11 is 0. The molecule has 6 heteroatoms. The normalized spacial score (nSPS) is 16.3. The van der Waals surface area contributed by atoms with Crippen molar-refractivity contribution >= 4 is 17.6 Å². The Morgan fingerprint density at radius 1 is 1.11 bits per heavy atom. The van der Waals surface area contributed by atoms with Crippen molar-refractivity contribution in [1.82, 2.24) is 10.2 Å². The van der Waals surface area contributed by atoms with Crippen molar-refractivity contribution in [2.45, 2.75) is 19.8 Å². The van der Waals surface area contributed by atoms with Crippen molar-refractivity contribution in [2.24, 2.45) is 5.92 Å². The number of benzene rings is 2. The Labute approximate surface area is 165 Å². The average Bonchev–Trinajstić information content (AvgIpc) is 2.73. The molecular weight excluding hydrogens is 354 g/mol. The summed E-state index contributed by atoms with van der Waals surface area (Å²) in [6, 6.07) is 17.0. The van der Waals surface area contributed by atoms with Gasteiger partial charge in [-0.1, -0.05) is 35.9 Å². The summed E-state index contributed by atoms with van der Waals surface area (Å²) in [4.78, 5) is 26.6. The van der Waals surface area contributed by atoms with Crippen LogP contribution in [0, 0.1) is 12.8 Å². The van der Waals surface area contributed by atoms with Crippen LogP contribution in [0.25, 0.3) is 0 Å². The van der Waals surface area contributed by atoms with Crippen molar-refractivity contribution in [1.29, 1.82) is 0 Å². The molecule has 1 fully saturated rings. The number of nitrogens with one attached hydrogen (secondary N) is 2. The number of aryl methyl sites for hydroxylation is 1. The zero-order valence-electron chi connectivity index (χ0n) is 16.2. The molecule has 0 bridgehead atoms. The Morgan fingerprint density at radius 3 is 2.61 bits per heavy atom. The molecule has 0 saturated carbocycles. The second-order valence-electron chi connectivity index (χ2n) is 7.03. The summed E-state index contributed by atoms with van der Waals surface area (Å²) in [5, 5.41) is 5.80. The first kappa shape index (κ1) is 19.7. The van der Waals surface area contributed by atoms with E-state index < -0.39 is 0 Å². The molecule has 0 aromatic heterocycles. The summed E-state index contributed by atoms with van der Waals surface area (Å²) in [7, 11) is 0. The summed E-state index contributed by atoms with van der Waals surface area (Å²) in [6.45, 7) is 3.99. The number of carbonyl (C=O) groups is 2. The first-order valence-corrected chi connectivity index (χ1v) is 9.70. The minimum Gasteiger partial charge on any atom is -0.492 e. The quantitative estimate of drug-likeness (QED) is 0.753. The minimum absolute atomic E-state index is 0.0234. The predicted molar refractivity (Wildman–Crippen MR) is 109 cm³/mol. The maximum atomic E-state index is 12.5. The van der Waals surface area contributed by atoms with Crippen LogP contribution in [0.4, 0.5) is 10.5 Å². The largest absolute Gasteiger partial charge is 0.492 e. The number of para-hydroxylation sites is 1. The van der Waals surface area contributed by atoms with Crippen LogP contribution in [0.1, 0.15) is 18.4 Å². The van der Waals surface area contributed by atoms with E-state index in [9.17, 15) is 9.59 Å². The molecule has 6 nitrogen and oxygen atoms in total. The van der Waals surface area contributed by atoms with Crippen molar-refractivity contribution in [3.8, 4) is 5.75 Å². The summed E-state index contributed by atoms with van der Waals surface area (Å²) in [6.07, 6.45) is 1.61. The van der Waals surface area contributed by atoms with E-state index >= 15 is 0 Å². The van der Waals surface area contributed by atoms with Crippen molar-refractivity contribution < 1.29 is 14.3 Å². The highest BCUT2D eigenvalue weighted by atomic mass is 16.5. The van der Waals surface area contributed by atoms with Gasteiger partial charge in [-0.3, -0.25) is 4.79 Å². The fourth-order valence-corrected chi connectivity index (χ4v) is 3.22. The maximum Gasteiger partial charge on any atom is 0.321 e. The lowest BCUT2D eigenvalue weighted by Crippen LogP contribution is -2.47. The van der Waals surface area contributed by atoms with E-state index in [4.69, 9.17) is 4.74 Å². The second kappa shape index (κ2) is 9.78. The Hall–Kier alpha value is -3.02. The highest BCUT2D eigenvalue weighted by Crippen LogP contribution is 2.18. The van der Waals surface area contributed by atoms with Gasteiger partial charge in [-0.25, -0.2) is 4.79 Å². The Bertz CT molecular complexity index is 777. The van der Waals surface area contributed by atoms with Crippen molar-refractivity contribution in [3.63, 3.8) is 0 Å². The molecule has 1 unspecified atom stereocenters. The molecule has 0 spiro atoms. The molecule has 3 amide bonds. The number of amides is 3. The van der Waals surface area contributed by atoms with E-state index in [0.29, 0.717) is 26.2 Å². The van der Waals surface area contributed by atoms with Crippen molar-refractivity contribution in [3.05, 3.63) is 60.2 Å². The lowest BCUT2D eigenvalue weighted by molar-refractivity contribution is -0.126. The maximum absolute atomic E-state index is 12.5. The molecule has 1 saturated heterocycles. The zero-order valence-corrected chi connectivity index (χ0v) is 16.2. The van der Waals surface area contributed by atoms with E-state index in [1.807, 2.05) is 61.5 Å². The molecule has 3 rings (SSSR count). The van der Waals surface area contributed by atoms with Gasteiger partial charge in [0.05, 0.1) is 12.5 Å². The van der Waals surface area contributed by atoms with Crippen LogP contribution in [0.2, 0.25) is 0 Å². The van der Waals surface area contributed by atoms with Crippen LogP contribution in [0.3, 0.4) is 0 Å². The molecule has 0 radical (unpaired) electrons. The van der Waals surface area contributed by atoms with Crippen LogP contribution in [0.15, 0.2) is 54.6 Å². The molecule has 1 aliphatic heterocycles. The molecule has 148 valence electrons. The van der Waals surface area contributed by atoms with Crippen LogP contribution < -0.4 is 15.4 Å². The van der Waals surface area contributed by atoms with Gasteiger partial charge in [-0.15, -0.1) is 0 Å². The smallest absolute Gasteiger partial charge is 0.321 e. The number of carbonyl (C=O) groups excluding carboxylic acids is 2. The van der Waals surface area contributed by atoms with Gasteiger partial charge in [0.25, 0.3) is 0 Å². The zero-order chi connectivity index (χ0) is 19.8. The second-order valence-corrected chi connectivity index (χ2v) is 7.03. The molecule has 28 heavy (non-hydrogen) atoms. The van der Waals surface area contributed by atoms with Gasteiger partial charge < -0.3 is 20.3 Å². The number of rotatable bonds is 6. The molecule has 1 atom stereocenters. The molecule has 2 aromatic rings. The first-order chi connectivity index (χ1) is 13.6. The van der Waals surface area contributed by atoms with Crippen LogP contribution in [-0.4, -0.2) is 43.1 Å². The molecule has 1 aliphatic rings. The van der Waals surface area contributed by atoms with Gasteiger partial charge in [0.1, 0.15) is 12.4 Å². The van der Waals surface area contributed by atoms with E-state index in [2.05, 4.69) is 10.6 Å². The van der Waals surface area contributed by atoms with E-state index in [1.165, 1.54) is 5.56 Å². The highest BCUT2D eigenvalue weighted by Gasteiger charge is 2.28. The summed E-state index contributed by atoms with van der Waals surface area (Å²) in [5.41, 5.74) is 1.94. The van der Waals surface area contributed by atoms with E-state index in [0.717, 1.165) is 24.3 Å². The lowest BCUT2D eigenvalue weighted by Gasteiger charge is -2.32. The average molecular weight is 381 g/mol. The third kappa shape index (κ3) is 5.74. The third-order valence-corrected chi connectivity index (χ3v) is 4.80. The van der Waals surface area contributed by atoms with Crippen LogP contribution in [0.5, 0.6) is 5.75 Å². The van der Waals surface area contributed by atoms with Gasteiger partial charge in [-0.05, 0) is 44.0 Å². The van der Waals surface area contributed by atoms with E-state index in [1.54, 1.807) is 4.90 Å². The molecule has 2 N–H and O–H groups in total. The number of nitrogens with zero attached hydrogens (tertiary/aromatic N) is 1. The number of piperidine rings is 1. The highest BCUT2D eigenvalue weighted by molar-refractivity contribution is 5.90. The standard InChI is InChI=1S/C22H27N3O3/c1-17-9-11-20(12-10-17)28-15-13-23-21(26)18-6-5-14-25(16-18)22(27)24-19-7-3-2-4-8-19/h2-4,7-12,18H,5-6,13-16H2,1H3,(H,23,26)(H,24,27). The number of urea groups is 1. The van der Waals surface area contributed by atoms with E-state index in [-0.39, 0.29) is 17.9 Å². The van der Waals surface area contributed by atoms with Crippen molar-refractivity contribution in [2.75, 3.05) is 31.6 Å². The molecular formula is C22H27N3O3.